The molecule has 2 aromatic rings. The second-order valence-electron chi connectivity index (χ2n) is 6.48. The lowest BCUT2D eigenvalue weighted by molar-refractivity contribution is -0.122. The van der Waals surface area contributed by atoms with E-state index in [0.29, 0.717) is 13.1 Å². The number of nitrogens with one attached hydrogen (secondary N) is 1. The van der Waals surface area contributed by atoms with Crippen LogP contribution in [0.4, 0.5) is 5.69 Å². The van der Waals surface area contributed by atoms with E-state index in [1.807, 2.05) is 50.2 Å². The highest BCUT2D eigenvalue weighted by Crippen LogP contribution is 2.41. The molecule has 24 heavy (non-hydrogen) atoms. The van der Waals surface area contributed by atoms with Crippen molar-refractivity contribution in [1.29, 1.82) is 0 Å². The Bertz CT molecular complexity index is 756. The number of fused-ring (bicyclic) bond motifs is 1. The van der Waals surface area contributed by atoms with Gasteiger partial charge < -0.3 is 10.2 Å². The van der Waals surface area contributed by atoms with Crippen LogP contribution in [0.2, 0.25) is 0 Å². The molecule has 5 nitrogen and oxygen atoms in total. The molecule has 1 N–H and O–H groups in total. The number of para-hydroxylation sites is 1. The Balaban J connectivity index is 1.60. The fourth-order valence-electron chi connectivity index (χ4n) is 3.02. The van der Waals surface area contributed by atoms with Gasteiger partial charge in [-0.25, -0.2) is 0 Å². The van der Waals surface area contributed by atoms with E-state index in [4.69, 9.17) is 0 Å². The van der Waals surface area contributed by atoms with Gasteiger partial charge in [-0.2, -0.15) is 0 Å². The molecular weight excluding hydrogens is 302 g/mol. The first-order chi connectivity index (χ1) is 11.5. The number of hydrogen-bond donors (Lipinski definition) is 1. The third kappa shape index (κ3) is 3.02. The third-order valence-corrected chi connectivity index (χ3v) is 4.45. The molecule has 124 valence electrons. The average Bonchev–Trinajstić information content (AvgIpc) is 2.79. The Morgan fingerprint density at radius 3 is 2.62 bits per heavy atom. The summed E-state index contributed by atoms with van der Waals surface area (Å²) in [5.74, 6) is -0.0209. The summed E-state index contributed by atoms with van der Waals surface area (Å²) in [6.45, 7) is 4.72. The molecule has 0 bridgehead atoms. The van der Waals surface area contributed by atoms with Gasteiger partial charge in [0.25, 0.3) is 0 Å². The highest BCUT2D eigenvalue weighted by Gasteiger charge is 2.43. The summed E-state index contributed by atoms with van der Waals surface area (Å²) in [5.41, 5.74) is 2.40. The molecule has 2 heterocycles. The summed E-state index contributed by atoms with van der Waals surface area (Å²) in [7, 11) is 0. The Morgan fingerprint density at radius 2 is 1.88 bits per heavy atom. The number of hydrogen-bond acceptors (Lipinski definition) is 3. The molecule has 0 atom stereocenters. The standard InChI is InChI=1S/C19H21N3O2/c1-19(2)15-5-3-4-6-16(15)22(18(19)24)12-9-17(23)21-13-14-7-10-20-11-8-14/h3-8,10-11H,9,12-13H2,1-2H3,(H,21,23). The average molecular weight is 323 g/mol. The van der Waals surface area contributed by atoms with Gasteiger partial charge >= 0.3 is 0 Å². The monoisotopic (exact) mass is 323 g/mol. The molecule has 2 amide bonds. The summed E-state index contributed by atoms with van der Waals surface area (Å²) < 4.78 is 0. The lowest BCUT2D eigenvalue weighted by Crippen LogP contribution is -2.38. The molecule has 1 aromatic heterocycles. The zero-order chi connectivity index (χ0) is 17.2. The van der Waals surface area contributed by atoms with Crippen molar-refractivity contribution in [2.24, 2.45) is 0 Å². The Labute approximate surface area is 141 Å². The lowest BCUT2D eigenvalue weighted by atomic mass is 9.86. The van der Waals surface area contributed by atoms with Crippen LogP contribution < -0.4 is 10.2 Å². The van der Waals surface area contributed by atoms with Crippen molar-refractivity contribution in [3.05, 3.63) is 59.9 Å². The van der Waals surface area contributed by atoms with E-state index in [9.17, 15) is 9.59 Å². The zero-order valence-corrected chi connectivity index (χ0v) is 14.0. The number of benzene rings is 1. The van der Waals surface area contributed by atoms with Gasteiger partial charge in [0.15, 0.2) is 0 Å². The van der Waals surface area contributed by atoms with Crippen LogP contribution in [0.5, 0.6) is 0 Å². The van der Waals surface area contributed by atoms with E-state index in [2.05, 4.69) is 10.3 Å². The molecule has 0 radical (unpaired) electrons. The summed E-state index contributed by atoms with van der Waals surface area (Å²) in [6, 6.07) is 11.5. The van der Waals surface area contributed by atoms with Crippen LogP contribution in [0, 0.1) is 0 Å². The molecule has 0 saturated heterocycles. The van der Waals surface area contributed by atoms with Crippen LogP contribution in [-0.2, 0) is 21.5 Å². The smallest absolute Gasteiger partial charge is 0.237 e. The normalized spacial score (nSPS) is 15.2. The number of aromatic nitrogens is 1. The lowest BCUT2D eigenvalue weighted by Gasteiger charge is -2.20. The number of anilines is 1. The minimum Gasteiger partial charge on any atom is -0.352 e. The fraction of sp³-hybridized carbons (Fsp3) is 0.316. The first-order valence-electron chi connectivity index (χ1n) is 8.07. The Morgan fingerprint density at radius 1 is 1.17 bits per heavy atom. The number of carbonyl (C=O) groups excluding carboxylic acids is 2. The number of rotatable bonds is 5. The van der Waals surface area contributed by atoms with Gasteiger partial charge in [0, 0.05) is 37.6 Å². The zero-order valence-electron chi connectivity index (χ0n) is 14.0. The second kappa shape index (κ2) is 6.43. The summed E-state index contributed by atoms with van der Waals surface area (Å²) in [5, 5.41) is 2.88. The van der Waals surface area contributed by atoms with Gasteiger partial charge in [-0.15, -0.1) is 0 Å². The first kappa shape index (κ1) is 16.2. The summed E-state index contributed by atoms with van der Waals surface area (Å²) in [4.78, 5) is 30.4. The van der Waals surface area contributed by atoms with Crippen LogP contribution in [0.1, 0.15) is 31.4 Å². The van der Waals surface area contributed by atoms with E-state index in [0.717, 1.165) is 16.8 Å². The Hall–Kier alpha value is -2.69. The van der Waals surface area contributed by atoms with E-state index in [-0.39, 0.29) is 18.2 Å². The third-order valence-electron chi connectivity index (χ3n) is 4.45. The summed E-state index contributed by atoms with van der Waals surface area (Å²) in [6.07, 6.45) is 3.67. The largest absolute Gasteiger partial charge is 0.352 e. The maximum Gasteiger partial charge on any atom is 0.237 e. The number of amides is 2. The topological polar surface area (TPSA) is 62.3 Å². The van der Waals surface area contributed by atoms with Crippen molar-refractivity contribution >= 4 is 17.5 Å². The molecule has 0 aliphatic carbocycles. The first-order valence-corrected chi connectivity index (χ1v) is 8.07. The molecule has 1 aliphatic heterocycles. The van der Waals surface area contributed by atoms with Crippen LogP contribution in [0.15, 0.2) is 48.8 Å². The molecule has 0 fully saturated rings. The van der Waals surface area contributed by atoms with Crippen molar-refractivity contribution in [2.75, 3.05) is 11.4 Å². The maximum atomic E-state index is 12.7. The molecule has 1 aliphatic rings. The minimum atomic E-state index is -0.538. The quantitative estimate of drug-likeness (QED) is 0.919. The van der Waals surface area contributed by atoms with E-state index in [1.165, 1.54) is 0 Å². The SMILES string of the molecule is CC1(C)C(=O)N(CCC(=O)NCc2ccncc2)c2ccccc21. The van der Waals surface area contributed by atoms with Gasteiger partial charge in [-0.3, -0.25) is 14.6 Å². The van der Waals surface area contributed by atoms with Crippen molar-refractivity contribution in [1.82, 2.24) is 10.3 Å². The maximum absolute atomic E-state index is 12.7. The number of nitrogens with zero attached hydrogens (tertiary/aromatic N) is 2. The highest BCUT2D eigenvalue weighted by molar-refractivity contribution is 6.07. The van der Waals surface area contributed by atoms with Gasteiger partial charge in [0.1, 0.15) is 0 Å². The molecular formula is C19H21N3O2. The predicted octanol–water partition coefficient (Wildman–Crippen LogP) is 2.41. The van der Waals surface area contributed by atoms with Crippen molar-refractivity contribution in [2.45, 2.75) is 32.2 Å². The van der Waals surface area contributed by atoms with Gasteiger partial charge in [0.05, 0.1) is 5.41 Å². The molecule has 5 heteroatoms. The van der Waals surface area contributed by atoms with Crippen LogP contribution in [-0.4, -0.2) is 23.3 Å². The van der Waals surface area contributed by atoms with Crippen LogP contribution >= 0.6 is 0 Å². The van der Waals surface area contributed by atoms with E-state index < -0.39 is 5.41 Å². The Kier molecular flexibility index (Phi) is 4.34. The van der Waals surface area contributed by atoms with Gasteiger partial charge in [-0.05, 0) is 43.2 Å². The number of pyridine rings is 1. The molecule has 0 unspecified atom stereocenters. The van der Waals surface area contributed by atoms with Crippen LogP contribution in [0.3, 0.4) is 0 Å². The fourth-order valence-corrected chi connectivity index (χ4v) is 3.02. The molecule has 3 rings (SSSR count). The van der Waals surface area contributed by atoms with Gasteiger partial charge in [0.2, 0.25) is 11.8 Å². The summed E-state index contributed by atoms with van der Waals surface area (Å²) >= 11 is 0. The highest BCUT2D eigenvalue weighted by atomic mass is 16.2. The van der Waals surface area contributed by atoms with E-state index in [1.54, 1.807) is 17.3 Å². The van der Waals surface area contributed by atoms with Crippen molar-refractivity contribution in [3.63, 3.8) is 0 Å². The van der Waals surface area contributed by atoms with Crippen molar-refractivity contribution in [3.8, 4) is 0 Å². The molecule has 0 saturated carbocycles. The second-order valence-corrected chi connectivity index (χ2v) is 6.48. The van der Waals surface area contributed by atoms with Crippen LogP contribution in [0.25, 0.3) is 0 Å². The predicted molar refractivity (Wildman–Crippen MR) is 92.5 cm³/mol. The number of carbonyl (C=O) groups is 2. The molecule has 0 spiro atoms. The molecule has 1 aromatic carbocycles. The van der Waals surface area contributed by atoms with E-state index >= 15 is 0 Å². The van der Waals surface area contributed by atoms with Gasteiger partial charge in [-0.1, -0.05) is 18.2 Å². The minimum absolute atomic E-state index is 0.0469. The van der Waals surface area contributed by atoms with Crippen molar-refractivity contribution < 1.29 is 9.59 Å².